The van der Waals surface area contributed by atoms with E-state index in [-0.39, 0.29) is 12.6 Å². The lowest BCUT2D eigenvalue weighted by atomic mass is 10.0. The number of para-hydroxylation sites is 1. The summed E-state index contributed by atoms with van der Waals surface area (Å²) in [5, 5.41) is 10.6. The van der Waals surface area contributed by atoms with Crippen LogP contribution in [0.2, 0.25) is 0 Å². The summed E-state index contributed by atoms with van der Waals surface area (Å²) in [6.07, 6.45) is 5.08. The van der Waals surface area contributed by atoms with Crippen molar-refractivity contribution in [3.63, 3.8) is 0 Å². The predicted octanol–water partition coefficient (Wildman–Crippen LogP) is 6.01. The molecule has 3 N–H and O–H groups in total. The Labute approximate surface area is 221 Å². The normalized spacial score (nSPS) is 14.2. The van der Waals surface area contributed by atoms with Gasteiger partial charge in [0.2, 0.25) is 11.9 Å². The van der Waals surface area contributed by atoms with Crippen molar-refractivity contribution in [3.05, 3.63) is 85.6 Å². The van der Waals surface area contributed by atoms with Gasteiger partial charge in [-0.2, -0.15) is 0 Å². The van der Waals surface area contributed by atoms with Crippen LogP contribution in [0.1, 0.15) is 12.8 Å². The minimum Gasteiger partial charge on any atom is -0.382 e. The van der Waals surface area contributed by atoms with E-state index in [9.17, 15) is 9.18 Å². The van der Waals surface area contributed by atoms with Gasteiger partial charge in [-0.3, -0.25) is 4.79 Å². The standard InChI is InChI=1S/C30H31FN6O/c1-2-28(38)34-26-7-3-5-21(19-26)27-8-4-6-22-20-32-30(36-29(22)27)35-24-11-9-23(10-12-24)33-25-13-16-37(17-14-25)18-15-31/h2-12,19-20,25,33H,1,13-18H2,(H,34,38)(H,32,35,36). The average Bonchev–Trinajstić information content (AvgIpc) is 2.95. The molecule has 1 aliphatic heterocycles. The number of hydrogen-bond donors (Lipinski definition) is 3. The van der Waals surface area contributed by atoms with Gasteiger partial charge in [0.1, 0.15) is 6.67 Å². The second-order valence-corrected chi connectivity index (χ2v) is 9.36. The van der Waals surface area contributed by atoms with Crippen molar-refractivity contribution in [2.45, 2.75) is 18.9 Å². The molecule has 1 fully saturated rings. The van der Waals surface area contributed by atoms with Crippen LogP contribution in [-0.4, -0.2) is 53.1 Å². The molecule has 0 atom stereocenters. The quantitative estimate of drug-likeness (QED) is 0.239. The van der Waals surface area contributed by atoms with Crippen molar-refractivity contribution in [1.82, 2.24) is 14.9 Å². The molecule has 1 aromatic heterocycles. The molecular weight excluding hydrogens is 479 g/mol. The summed E-state index contributed by atoms with van der Waals surface area (Å²) in [6, 6.07) is 22.1. The number of carbonyl (C=O) groups excluding carboxylic acids is 1. The SMILES string of the molecule is C=CC(=O)Nc1cccc(-c2cccc3cnc(Nc4ccc(NC5CCN(CCF)CC5)cc4)nc23)c1. The molecule has 4 aromatic rings. The van der Waals surface area contributed by atoms with E-state index in [2.05, 4.69) is 32.4 Å². The highest BCUT2D eigenvalue weighted by Crippen LogP contribution is 2.30. The van der Waals surface area contributed by atoms with Crippen molar-refractivity contribution in [1.29, 1.82) is 0 Å². The number of nitrogens with one attached hydrogen (secondary N) is 3. The number of hydrogen-bond acceptors (Lipinski definition) is 6. The molecular formula is C30H31FN6O. The topological polar surface area (TPSA) is 82.2 Å². The molecule has 0 bridgehead atoms. The van der Waals surface area contributed by atoms with Crippen LogP contribution in [0.15, 0.2) is 85.6 Å². The van der Waals surface area contributed by atoms with Gasteiger partial charge in [0.25, 0.3) is 0 Å². The third-order valence-electron chi connectivity index (χ3n) is 6.74. The zero-order valence-corrected chi connectivity index (χ0v) is 21.2. The Kier molecular flexibility index (Phi) is 7.89. The first-order valence-electron chi connectivity index (χ1n) is 12.8. The van der Waals surface area contributed by atoms with E-state index in [0.717, 1.165) is 59.3 Å². The van der Waals surface area contributed by atoms with E-state index in [1.807, 2.05) is 72.9 Å². The molecule has 7 nitrogen and oxygen atoms in total. The van der Waals surface area contributed by atoms with E-state index < -0.39 is 0 Å². The zero-order valence-electron chi connectivity index (χ0n) is 21.2. The molecule has 1 aliphatic rings. The number of nitrogens with zero attached hydrogens (tertiary/aromatic N) is 3. The fourth-order valence-electron chi connectivity index (χ4n) is 4.74. The molecule has 5 rings (SSSR count). The van der Waals surface area contributed by atoms with Gasteiger partial charge < -0.3 is 20.9 Å². The Bertz CT molecular complexity index is 1420. The molecule has 8 heteroatoms. The number of alkyl halides is 1. The Morgan fingerprint density at radius 3 is 2.55 bits per heavy atom. The molecule has 1 saturated heterocycles. The van der Waals surface area contributed by atoms with Gasteiger partial charge in [0.05, 0.1) is 5.52 Å². The highest BCUT2D eigenvalue weighted by Gasteiger charge is 2.18. The number of piperidine rings is 1. The number of amides is 1. The lowest BCUT2D eigenvalue weighted by Crippen LogP contribution is -2.39. The number of benzene rings is 3. The fraction of sp³-hybridized carbons (Fsp3) is 0.233. The summed E-state index contributed by atoms with van der Waals surface area (Å²) >= 11 is 0. The summed E-state index contributed by atoms with van der Waals surface area (Å²) in [4.78, 5) is 23.2. The number of rotatable bonds is 9. The van der Waals surface area contributed by atoms with E-state index >= 15 is 0 Å². The number of anilines is 4. The Hall–Kier alpha value is -4.30. The van der Waals surface area contributed by atoms with Crippen LogP contribution in [0.5, 0.6) is 0 Å². The first kappa shape index (κ1) is 25.4. The second-order valence-electron chi connectivity index (χ2n) is 9.36. The van der Waals surface area contributed by atoms with Crippen LogP contribution in [-0.2, 0) is 4.79 Å². The molecule has 2 heterocycles. The molecule has 0 saturated carbocycles. The zero-order chi connectivity index (χ0) is 26.3. The summed E-state index contributed by atoms with van der Waals surface area (Å²) in [5.74, 6) is 0.246. The first-order chi connectivity index (χ1) is 18.6. The predicted molar refractivity (Wildman–Crippen MR) is 153 cm³/mol. The maximum Gasteiger partial charge on any atom is 0.247 e. The van der Waals surface area contributed by atoms with Gasteiger partial charge >= 0.3 is 0 Å². The van der Waals surface area contributed by atoms with Gasteiger partial charge in [0, 0.05) is 59.9 Å². The first-order valence-corrected chi connectivity index (χ1v) is 12.8. The maximum atomic E-state index is 12.6. The van der Waals surface area contributed by atoms with E-state index in [4.69, 9.17) is 4.98 Å². The molecule has 0 aliphatic carbocycles. The van der Waals surface area contributed by atoms with Crippen LogP contribution in [0, 0.1) is 0 Å². The highest BCUT2D eigenvalue weighted by atomic mass is 19.1. The van der Waals surface area contributed by atoms with Crippen LogP contribution >= 0.6 is 0 Å². The van der Waals surface area contributed by atoms with Crippen molar-refractivity contribution in [2.75, 3.05) is 42.3 Å². The van der Waals surface area contributed by atoms with Crippen LogP contribution < -0.4 is 16.0 Å². The number of aromatic nitrogens is 2. The highest BCUT2D eigenvalue weighted by molar-refractivity contribution is 6.00. The fourth-order valence-corrected chi connectivity index (χ4v) is 4.74. The minimum atomic E-state index is -0.280. The second kappa shape index (κ2) is 11.8. The van der Waals surface area contributed by atoms with Crippen LogP contribution in [0.25, 0.3) is 22.0 Å². The van der Waals surface area contributed by atoms with Crippen LogP contribution in [0.3, 0.4) is 0 Å². The lowest BCUT2D eigenvalue weighted by molar-refractivity contribution is -0.111. The van der Waals surface area contributed by atoms with E-state index in [1.165, 1.54) is 6.08 Å². The molecule has 3 aromatic carbocycles. The van der Waals surface area contributed by atoms with Crippen molar-refractivity contribution >= 4 is 39.8 Å². The smallest absolute Gasteiger partial charge is 0.247 e. The summed E-state index contributed by atoms with van der Waals surface area (Å²) < 4.78 is 12.6. The molecule has 0 radical (unpaired) electrons. The average molecular weight is 511 g/mol. The monoisotopic (exact) mass is 510 g/mol. The number of likely N-dealkylation sites (tertiary alicyclic amines) is 1. The van der Waals surface area contributed by atoms with Crippen molar-refractivity contribution < 1.29 is 9.18 Å². The van der Waals surface area contributed by atoms with Crippen molar-refractivity contribution in [3.8, 4) is 11.1 Å². The summed E-state index contributed by atoms with van der Waals surface area (Å²) in [6.45, 7) is 5.62. The minimum absolute atomic E-state index is 0.255. The van der Waals surface area contributed by atoms with E-state index in [1.54, 1.807) is 0 Å². The maximum absolute atomic E-state index is 12.6. The molecule has 0 unspecified atom stereocenters. The molecule has 0 spiro atoms. The Morgan fingerprint density at radius 2 is 1.79 bits per heavy atom. The molecule has 1 amide bonds. The number of carbonyl (C=O) groups is 1. The Morgan fingerprint density at radius 1 is 1.03 bits per heavy atom. The lowest BCUT2D eigenvalue weighted by Gasteiger charge is -2.32. The van der Waals surface area contributed by atoms with Gasteiger partial charge in [-0.05, 0) is 60.9 Å². The summed E-state index contributed by atoms with van der Waals surface area (Å²) in [7, 11) is 0. The van der Waals surface area contributed by atoms with Gasteiger partial charge in [-0.15, -0.1) is 0 Å². The largest absolute Gasteiger partial charge is 0.382 e. The summed E-state index contributed by atoms with van der Waals surface area (Å²) in [5.41, 5.74) is 5.34. The van der Waals surface area contributed by atoms with Crippen molar-refractivity contribution in [2.24, 2.45) is 0 Å². The van der Waals surface area contributed by atoms with Gasteiger partial charge in [0.15, 0.2) is 0 Å². The van der Waals surface area contributed by atoms with Crippen LogP contribution in [0.4, 0.5) is 27.4 Å². The number of halogens is 1. The molecule has 38 heavy (non-hydrogen) atoms. The number of fused-ring (bicyclic) bond motifs is 1. The third-order valence-corrected chi connectivity index (χ3v) is 6.74. The Balaban J connectivity index is 1.29. The molecule has 194 valence electrons. The van der Waals surface area contributed by atoms with Gasteiger partial charge in [-0.25, -0.2) is 14.4 Å². The third kappa shape index (κ3) is 6.15. The van der Waals surface area contributed by atoms with Gasteiger partial charge in [-0.1, -0.05) is 36.9 Å². The van der Waals surface area contributed by atoms with E-state index in [0.29, 0.717) is 24.2 Å².